The zero-order valence-corrected chi connectivity index (χ0v) is 11.4. The Kier molecular flexibility index (Phi) is 8.17. The fourth-order valence-electron chi connectivity index (χ4n) is 1.09. The molecule has 0 aliphatic rings. The first-order valence-electron chi connectivity index (χ1n) is 5.51. The smallest absolute Gasteiger partial charge is 0.338 e. The molecule has 10 heteroatoms. The number of hydrogen-bond acceptors (Lipinski definition) is 4. The lowest BCUT2D eigenvalue weighted by atomic mass is 10.4. The summed E-state index contributed by atoms with van der Waals surface area (Å²) in [6.07, 6.45) is -0.0231. The van der Waals surface area contributed by atoms with E-state index in [0.717, 1.165) is 0 Å². The molecule has 0 fully saturated rings. The molecule has 0 radical (unpaired) electrons. The minimum Gasteiger partial charge on any atom is -0.481 e. The van der Waals surface area contributed by atoms with Gasteiger partial charge >= 0.3 is 13.6 Å². The molecule has 9 nitrogen and oxygen atoms in total. The van der Waals surface area contributed by atoms with Crippen molar-refractivity contribution in [3.8, 4) is 0 Å². The van der Waals surface area contributed by atoms with E-state index in [0.29, 0.717) is 6.29 Å². The first-order valence-corrected chi connectivity index (χ1v) is 7.17. The van der Waals surface area contributed by atoms with Crippen molar-refractivity contribution in [2.75, 3.05) is 26.7 Å². The summed E-state index contributed by atoms with van der Waals surface area (Å²) >= 11 is 0. The van der Waals surface area contributed by atoms with E-state index in [1.54, 1.807) is 0 Å². The Morgan fingerprint density at radius 2 is 1.89 bits per heavy atom. The first-order chi connectivity index (χ1) is 8.78. The number of amides is 1. The topological polar surface area (TPSA) is 136 Å². The van der Waals surface area contributed by atoms with Crippen molar-refractivity contribution in [2.45, 2.75) is 12.8 Å². The standard InChI is InChI=1S/C9H18N3O6P/c1-12(8(14)3-7-13)6-5-11-19(17,18)10-4-2-9(15)16/h7H,2-6H2,1H3,(H,15,16)(H3,10,11,17,18). The van der Waals surface area contributed by atoms with Crippen LogP contribution in [0.15, 0.2) is 0 Å². The summed E-state index contributed by atoms with van der Waals surface area (Å²) in [5, 5.41) is 12.8. The highest BCUT2D eigenvalue weighted by molar-refractivity contribution is 7.53. The van der Waals surface area contributed by atoms with Crippen LogP contribution in [0.1, 0.15) is 12.8 Å². The Hall–Kier alpha value is -1.28. The quantitative estimate of drug-likeness (QED) is 0.224. The number of carboxylic acid groups (broad SMARTS) is 1. The monoisotopic (exact) mass is 295 g/mol. The van der Waals surface area contributed by atoms with Gasteiger partial charge in [0.05, 0.1) is 12.8 Å². The van der Waals surface area contributed by atoms with Gasteiger partial charge in [0.1, 0.15) is 6.29 Å². The summed E-state index contributed by atoms with van der Waals surface area (Å²) in [4.78, 5) is 42.2. The Morgan fingerprint density at radius 3 is 2.42 bits per heavy atom. The summed E-state index contributed by atoms with van der Waals surface area (Å²) in [7, 11) is -2.36. The number of aliphatic carboxylic acids is 1. The van der Waals surface area contributed by atoms with Crippen LogP contribution in [0.3, 0.4) is 0 Å². The van der Waals surface area contributed by atoms with Crippen LogP contribution >= 0.6 is 7.67 Å². The molecule has 0 aromatic carbocycles. The van der Waals surface area contributed by atoms with Crippen LogP contribution in [0.5, 0.6) is 0 Å². The van der Waals surface area contributed by atoms with Gasteiger partial charge in [0, 0.05) is 26.7 Å². The van der Waals surface area contributed by atoms with E-state index in [1.807, 2.05) is 0 Å². The second-order valence-electron chi connectivity index (χ2n) is 3.72. The molecule has 0 aliphatic carbocycles. The molecular weight excluding hydrogens is 277 g/mol. The fraction of sp³-hybridized carbons (Fsp3) is 0.667. The van der Waals surface area contributed by atoms with Gasteiger partial charge in [-0.15, -0.1) is 0 Å². The maximum Gasteiger partial charge on any atom is 0.338 e. The van der Waals surface area contributed by atoms with Crippen LogP contribution in [0.25, 0.3) is 0 Å². The van der Waals surface area contributed by atoms with Crippen molar-refractivity contribution in [1.29, 1.82) is 0 Å². The lowest BCUT2D eigenvalue weighted by molar-refractivity contribution is -0.137. The van der Waals surface area contributed by atoms with Crippen LogP contribution in [0, 0.1) is 0 Å². The van der Waals surface area contributed by atoms with E-state index in [1.165, 1.54) is 11.9 Å². The third-order valence-electron chi connectivity index (χ3n) is 2.12. The predicted octanol–water partition coefficient (Wildman–Crippen LogP) is -1.21. The normalized spacial score (nSPS) is 13.6. The van der Waals surface area contributed by atoms with Crippen LogP contribution in [0.2, 0.25) is 0 Å². The van der Waals surface area contributed by atoms with Crippen molar-refractivity contribution in [3.63, 3.8) is 0 Å². The van der Waals surface area contributed by atoms with Gasteiger partial charge in [-0.05, 0) is 0 Å². The molecule has 0 aliphatic heterocycles. The second-order valence-corrected chi connectivity index (χ2v) is 5.51. The molecule has 110 valence electrons. The summed E-state index contributed by atoms with van der Waals surface area (Å²) in [6.45, 7) is 0.0444. The molecule has 0 spiro atoms. The maximum atomic E-state index is 11.5. The molecule has 0 saturated heterocycles. The van der Waals surface area contributed by atoms with Gasteiger partial charge in [0.2, 0.25) is 5.91 Å². The highest BCUT2D eigenvalue weighted by atomic mass is 31.2. The van der Waals surface area contributed by atoms with Gasteiger partial charge in [0.25, 0.3) is 0 Å². The SMILES string of the molecule is CN(CCNP(=O)(O)NCCC(=O)O)C(=O)CC=O. The minimum atomic E-state index is -3.82. The number of carboxylic acids is 1. The molecule has 1 unspecified atom stereocenters. The van der Waals surface area contributed by atoms with Crippen LogP contribution in [-0.4, -0.2) is 59.7 Å². The molecule has 0 aromatic heterocycles. The third kappa shape index (κ3) is 9.32. The number of aldehydes is 1. The number of carbonyl (C=O) groups excluding carboxylic acids is 2. The lowest BCUT2D eigenvalue weighted by Crippen LogP contribution is -2.34. The summed E-state index contributed by atoms with van der Waals surface area (Å²) in [6, 6.07) is 0. The van der Waals surface area contributed by atoms with E-state index in [4.69, 9.17) is 5.11 Å². The molecule has 0 saturated carbocycles. The van der Waals surface area contributed by atoms with Gasteiger partial charge < -0.3 is 19.7 Å². The van der Waals surface area contributed by atoms with Gasteiger partial charge in [-0.25, -0.2) is 10.2 Å². The van der Waals surface area contributed by atoms with Crippen LogP contribution < -0.4 is 10.2 Å². The Bertz CT molecular complexity index is 375. The first kappa shape index (κ1) is 17.7. The summed E-state index contributed by atoms with van der Waals surface area (Å²) < 4.78 is 11.5. The van der Waals surface area contributed by atoms with Crippen molar-refractivity contribution >= 4 is 25.8 Å². The van der Waals surface area contributed by atoms with Gasteiger partial charge in [-0.2, -0.15) is 0 Å². The van der Waals surface area contributed by atoms with Crippen molar-refractivity contribution in [1.82, 2.24) is 15.1 Å². The fourth-order valence-corrected chi connectivity index (χ4v) is 2.02. The number of rotatable bonds is 10. The Balaban J connectivity index is 3.91. The number of likely N-dealkylation sites (N-methyl/N-ethyl adjacent to an activating group) is 1. The zero-order chi connectivity index (χ0) is 14.9. The zero-order valence-electron chi connectivity index (χ0n) is 10.5. The van der Waals surface area contributed by atoms with E-state index < -0.39 is 13.6 Å². The van der Waals surface area contributed by atoms with Gasteiger partial charge in [0.15, 0.2) is 0 Å². The molecule has 19 heavy (non-hydrogen) atoms. The minimum absolute atomic E-state index is 0.0367. The predicted molar refractivity (Wildman–Crippen MR) is 66.4 cm³/mol. The van der Waals surface area contributed by atoms with Crippen molar-refractivity contribution in [3.05, 3.63) is 0 Å². The van der Waals surface area contributed by atoms with Gasteiger partial charge in [-0.3, -0.25) is 14.2 Å². The van der Waals surface area contributed by atoms with Crippen molar-refractivity contribution < 1.29 is 28.9 Å². The summed E-state index contributed by atoms with van der Waals surface area (Å²) in [5.74, 6) is -1.46. The molecule has 1 atom stereocenters. The molecule has 0 bridgehead atoms. The van der Waals surface area contributed by atoms with Gasteiger partial charge in [-0.1, -0.05) is 0 Å². The van der Waals surface area contributed by atoms with Crippen LogP contribution in [-0.2, 0) is 18.9 Å². The highest BCUT2D eigenvalue weighted by Gasteiger charge is 2.17. The average Bonchev–Trinajstić information content (AvgIpc) is 2.27. The highest BCUT2D eigenvalue weighted by Crippen LogP contribution is 2.28. The molecule has 0 rings (SSSR count). The van der Waals surface area contributed by atoms with E-state index in [9.17, 15) is 23.8 Å². The molecule has 4 N–H and O–H groups in total. The molecule has 0 aromatic rings. The van der Waals surface area contributed by atoms with E-state index in [-0.39, 0.29) is 38.4 Å². The molecule has 0 heterocycles. The lowest BCUT2D eigenvalue weighted by Gasteiger charge is -2.18. The number of nitrogens with one attached hydrogen (secondary N) is 2. The van der Waals surface area contributed by atoms with Crippen LogP contribution in [0.4, 0.5) is 0 Å². The largest absolute Gasteiger partial charge is 0.481 e. The second kappa shape index (κ2) is 8.76. The molecular formula is C9H18N3O6P. The van der Waals surface area contributed by atoms with Crippen molar-refractivity contribution in [2.24, 2.45) is 0 Å². The number of nitrogens with zero attached hydrogens (tertiary/aromatic N) is 1. The Labute approximate surface area is 110 Å². The summed E-state index contributed by atoms with van der Waals surface area (Å²) in [5.41, 5.74) is 0. The Morgan fingerprint density at radius 1 is 1.32 bits per heavy atom. The third-order valence-corrected chi connectivity index (χ3v) is 3.43. The van der Waals surface area contributed by atoms with E-state index >= 15 is 0 Å². The molecule has 1 amide bonds. The average molecular weight is 295 g/mol. The van der Waals surface area contributed by atoms with E-state index in [2.05, 4.69) is 10.2 Å². The maximum absolute atomic E-state index is 11.5. The number of hydrogen-bond donors (Lipinski definition) is 4. The number of carbonyl (C=O) groups is 3.